The standard InChI is InChI=1S/C19H24N6O2S/c1-14-19(21-13-20-14)12-25-9-6-16(7-10-25)24-28(26,27)17-4-2-3-15(11-17)18-5-8-22-23-18/h2-5,8,11,13,16,24H,6-7,9-10,12H2,1H3,(H,20,21)(H,22,23). The summed E-state index contributed by atoms with van der Waals surface area (Å²) >= 11 is 0. The number of nitrogens with one attached hydrogen (secondary N) is 3. The van der Waals surface area contributed by atoms with Crippen molar-refractivity contribution in [1.29, 1.82) is 0 Å². The highest BCUT2D eigenvalue weighted by Crippen LogP contribution is 2.22. The number of hydrogen-bond donors (Lipinski definition) is 3. The Balaban J connectivity index is 1.38. The largest absolute Gasteiger partial charge is 0.348 e. The molecule has 0 aliphatic carbocycles. The summed E-state index contributed by atoms with van der Waals surface area (Å²) in [6.45, 7) is 4.49. The van der Waals surface area contributed by atoms with Crippen molar-refractivity contribution in [2.24, 2.45) is 0 Å². The molecule has 0 saturated carbocycles. The van der Waals surface area contributed by atoms with Crippen molar-refractivity contribution in [3.63, 3.8) is 0 Å². The third kappa shape index (κ3) is 4.16. The van der Waals surface area contributed by atoms with E-state index in [1.165, 1.54) is 0 Å². The fourth-order valence-electron chi connectivity index (χ4n) is 3.50. The molecule has 4 rings (SSSR count). The van der Waals surface area contributed by atoms with E-state index in [0.29, 0.717) is 0 Å². The van der Waals surface area contributed by atoms with E-state index in [-0.39, 0.29) is 10.9 Å². The Bertz CT molecular complexity index is 1020. The molecule has 9 heteroatoms. The summed E-state index contributed by atoms with van der Waals surface area (Å²) in [7, 11) is -3.57. The molecule has 1 saturated heterocycles. The average Bonchev–Trinajstić information content (AvgIpc) is 3.36. The third-order valence-electron chi connectivity index (χ3n) is 5.17. The molecular weight excluding hydrogens is 376 g/mol. The highest BCUT2D eigenvalue weighted by molar-refractivity contribution is 7.89. The van der Waals surface area contributed by atoms with E-state index in [0.717, 1.165) is 55.1 Å². The summed E-state index contributed by atoms with van der Waals surface area (Å²) in [6, 6.07) is 8.66. The van der Waals surface area contributed by atoms with Gasteiger partial charge in [0.2, 0.25) is 10.0 Å². The molecule has 8 nitrogen and oxygen atoms in total. The minimum Gasteiger partial charge on any atom is -0.348 e. The van der Waals surface area contributed by atoms with Gasteiger partial charge >= 0.3 is 0 Å². The van der Waals surface area contributed by atoms with Crippen LogP contribution in [-0.2, 0) is 16.6 Å². The van der Waals surface area contributed by atoms with Crippen molar-refractivity contribution in [2.75, 3.05) is 13.1 Å². The molecular formula is C19H24N6O2S. The Labute approximate surface area is 164 Å². The number of H-pyrrole nitrogens is 2. The topological polar surface area (TPSA) is 107 Å². The Kier molecular flexibility index (Phi) is 5.29. The Morgan fingerprint density at radius 3 is 2.75 bits per heavy atom. The molecule has 3 aromatic rings. The smallest absolute Gasteiger partial charge is 0.240 e. The average molecular weight is 401 g/mol. The van der Waals surface area contributed by atoms with Crippen LogP contribution in [0, 0.1) is 6.92 Å². The molecule has 3 N–H and O–H groups in total. The number of hydrogen-bond acceptors (Lipinski definition) is 5. The molecule has 0 atom stereocenters. The predicted molar refractivity (Wildman–Crippen MR) is 106 cm³/mol. The molecule has 0 spiro atoms. The second-order valence-corrected chi connectivity index (χ2v) is 8.86. The molecule has 1 aromatic carbocycles. The highest BCUT2D eigenvalue weighted by Gasteiger charge is 2.25. The number of rotatable bonds is 6. The zero-order valence-corrected chi connectivity index (χ0v) is 16.5. The Hall–Kier alpha value is -2.49. The van der Waals surface area contributed by atoms with Crippen LogP contribution in [0.25, 0.3) is 11.3 Å². The normalized spacial score (nSPS) is 16.5. The van der Waals surface area contributed by atoms with Gasteiger partial charge in [-0.1, -0.05) is 12.1 Å². The van der Waals surface area contributed by atoms with Crippen LogP contribution in [-0.4, -0.2) is 52.6 Å². The van der Waals surface area contributed by atoms with Crippen molar-refractivity contribution < 1.29 is 8.42 Å². The quantitative estimate of drug-likeness (QED) is 0.587. The number of likely N-dealkylation sites (tertiary alicyclic amines) is 1. The summed E-state index contributed by atoms with van der Waals surface area (Å²) in [5.41, 5.74) is 3.72. The maximum Gasteiger partial charge on any atom is 0.240 e. The van der Waals surface area contributed by atoms with E-state index < -0.39 is 10.0 Å². The fraction of sp³-hybridized carbons (Fsp3) is 0.368. The number of piperidine rings is 1. The minimum atomic E-state index is -3.57. The van der Waals surface area contributed by atoms with Gasteiger partial charge in [-0.2, -0.15) is 5.10 Å². The molecule has 2 aromatic heterocycles. The van der Waals surface area contributed by atoms with E-state index in [2.05, 4.69) is 29.8 Å². The molecule has 3 heterocycles. The maximum atomic E-state index is 12.8. The van der Waals surface area contributed by atoms with Gasteiger partial charge in [0.1, 0.15) is 0 Å². The lowest BCUT2D eigenvalue weighted by Crippen LogP contribution is -2.44. The first-order chi connectivity index (χ1) is 13.5. The van der Waals surface area contributed by atoms with Crippen molar-refractivity contribution in [3.8, 4) is 11.3 Å². The van der Waals surface area contributed by atoms with Gasteiger partial charge in [-0.25, -0.2) is 18.1 Å². The highest BCUT2D eigenvalue weighted by atomic mass is 32.2. The van der Waals surface area contributed by atoms with Gasteiger partial charge in [0.25, 0.3) is 0 Å². The van der Waals surface area contributed by atoms with E-state index in [9.17, 15) is 8.42 Å². The Morgan fingerprint density at radius 2 is 2.07 bits per heavy atom. The third-order valence-corrected chi connectivity index (χ3v) is 6.69. The number of aromatic amines is 2. The number of aryl methyl sites for hydroxylation is 1. The first-order valence-corrected chi connectivity index (χ1v) is 10.8. The minimum absolute atomic E-state index is 0.0580. The SMILES string of the molecule is Cc1[nH]cnc1CN1CCC(NS(=O)(=O)c2cccc(-c3ccn[nH]3)c2)CC1. The zero-order chi connectivity index (χ0) is 19.6. The van der Waals surface area contributed by atoms with E-state index in [4.69, 9.17) is 0 Å². The fourth-order valence-corrected chi connectivity index (χ4v) is 4.85. The van der Waals surface area contributed by atoms with Crippen molar-refractivity contribution in [1.82, 2.24) is 29.8 Å². The molecule has 1 aliphatic heterocycles. The second-order valence-electron chi connectivity index (χ2n) is 7.14. The van der Waals surface area contributed by atoms with Gasteiger partial charge in [-0.3, -0.25) is 10.00 Å². The van der Waals surface area contributed by atoms with Gasteiger partial charge in [-0.15, -0.1) is 0 Å². The lowest BCUT2D eigenvalue weighted by molar-refractivity contribution is 0.198. The summed E-state index contributed by atoms with van der Waals surface area (Å²) in [4.78, 5) is 10.0. The summed E-state index contributed by atoms with van der Waals surface area (Å²) in [5, 5.41) is 6.78. The van der Waals surface area contributed by atoms with Crippen LogP contribution in [0.4, 0.5) is 0 Å². The maximum absolute atomic E-state index is 12.8. The predicted octanol–water partition coefficient (Wildman–Crippen LogP) is 2.05. The summed E-state index contributed by atoms with van der Waals surface area (Å²) < 4.78 is 28.6. The van der Waals surface area contributed by atoms with Crippen molar-refractivity contribution in [2.45, 2.75) is 37.2 Å². The van der Waals surface area contributed by atoms with Crippen molar-refractivity contribution >= 4 is 10.0 Å². The van der Waals surface area contributed by atoms with Crippen LogP contribution in [0.3, 0.4) is 0 Å². The van der Waals surface area contributed by atoms with Gasteiger partial charge in [0, 0.05) is 43.1 Å². The van der Waals surface area contributed by atoms with Crippen LogP contribution < -0.4 is 4.72 Å². The summed E-state index contributed by atoms with van der Waals surface area (Å²) in [5.74, 6) is 0. The number of imidazole rings is 1. The molecule has 1 fully saturated rings. The Morgan fingerprint density at radius 1 is 1.25 bits per heavy atom. The monoisotopic (exact) mass is 400 g/mol. The molecule has 28 heavy (non-hydrogen) atoms. The second kappa shape index (κ2) is 7.86. The lowest BCUT2D eigenvalue weighted by atomic mass is 10.1. The summed E-state index contributed by atoms with van der Waals surface area (Å²) in [6.07, 6.45) is 4.92. The van der Waals surface area contributed by atoms with E-state index in [1.54, 1.807) is 30.7 Å². The van der Waals surface area contributed by atoms with Crippen LogP contribution >= 0.6 is 0 Å². The van der Waals surface area contributed by atoms with Crippen LogP contribution in [0.15, 0.2) is 47.8 Å². The molecule has 0 unspecified atom stereocenters. The number of aromatic nitrogens is 4. The number of sulfonamides is 1. The van der Waals surface area contributed by atoms with Gasteiger partial charge < -0.3 is 4.98 Å². The van der Waals surface area contributed by atoms with Crippen molar-refractivity contribution in [3.05, 3.63) is 54.2 Å². The first-order valence-electron chi connectivity index (χ1n) is 9.34. The van der Waals surface area contributed by atoms with Crippen LogP contribution in [0.2, 0.25) is 0 Å². The van der Waals surface area contributed by atoms with Gasteiger partial charge in [-0.05, 0) is 38.0 Å². The van der Waals surface area contributed by atoms with E-state index >= 15 is 0 Å². The molecule has 1 aliphatic rings. The number of nitrogens with zero attached hydrogens (tertiary/aromatic N) is 3. The number of benzene rings is 1. The van der Waals surface area contributed by atoms with E-state index in [1.807, 2.05) is 19.1 Å². The first kappa shape index (κ1) is 18.9. The molecule has 0 amide bonds. The molecule has 148 valence electrons. The zero-order valence-electron chi connectivity index (χ0n) is 15.7. The molecule has 0 radical (unpaired) electrons. The molecule has 0 bridgehead atoms. The lowest BCUT2D eigenvalue weighted by Gasteiger charge is -2.31. The van der Waals surface area contributed by atoms with Crippen LogP contribution in [0.5, 0.6) is 0 Å². The van der Waals surface area contributed by atoms with Crippen LogP contribution in [0.1, 0.15) is 24.2 Å². The van der Waals surface area contributed by atoms with Gasteiger partial charge in [0.15, 0.2) is 0 Å². The van der Waals surface area contributed by atoms with Gasteiger partial charge in [0.05, 0.1) is 22.6 Å².